The monoisotopic (exact) mass is 372 g/mol. The van der Waals surface area contributed by atoms with Crippen LogP contribution in [0.1, 0.15) is 12.8 Å². The molecule has 0 spiro atoms. The highest BCUT2D eigenvalue weighted by Gasteiger charge is 2.32. The van der Waals surface area contributed by atoms with Crippen molar-refractivity contribution in [1.29, 1.82) is 0 Å². The van der Waals surface area contributed by atoms with Gasteiger partial charge in [0.05, 0.1) is 17.6 Å². The Kier molecular flexibility index (Phi) is 4.66. The molecule has 21 heavy (non-hydrogen) atoms. The maximum atomic E-state index is 12.1. The van der Waals surface area contributed by atoms with Gasteiger partial charge in [-0.1, -0.05) is 11.8 Å². The van der Waals surface area contributed by atoms with E-state index in [9.17, 15) is 4.79 Å². The van der Waals surface area contributed by atoms with Crippen LogP contribution in [0.3, 0.4) is 0 Å². The summed E-state index contributed by atoms with van der Waals surface area (Å²) >= 11 is 4.98. The maximum absolute atomic E-state index is 12.1. The quantitative estimate of drug-likeness (QED) is 0.637. The molecule has 1 saturated heterocycles. The maximum Gasteiger partial charge on any atom is 0.251 e. The Morgan fingerprint density at radius 1 is 1.57 bits per heavy atom. The summed E-state index contributed by atoms with van der Waals surface area (Å²) in [6, 6.07) is 0.352. The molecule has 1 amide bonds. The van der Waals surface area contributed by atoms with Crippen molar-refractivity contribution in [2.75, 3.05) is 30.9 Å². The molecule has 1 aromatic heterocycles. The van der Waals surface area contributed by atoms with E-state index >= 15 is 0 Å². The predicted molar refractivity (Wildman–Crippen MR) is 84.6 cm³/mol. The van der Waals surface area contributed by atoms with Gasteiger partial charge in [-0.25, -0.2) is 9.97 Å². The van der Waals surface area contributed by atoms with E-state index in [0.29, 0.717) is 19.2 Å². The highest BCUT2D eigenvalue weighted by Crippen LogP contribution is 2.27. The molecule has 2 fully saturated rings. The van der Waals surface area contributed by atoms with Gasteiger partial charge in [0, 0.05) is 18.8 Å². The fraction of sp³-hybridized carbons (Fsp3) is 0.615. The lowest BCUT2D eigenvalue weighted by Crippen LogP contribution is -2.50. The first-order valence-electron chi connectivity index (χ1n) is 6.91. The minimum absolute atomic E-state index is 0.0162. The van der Waals surface area contributed by atoms with E-state index in [1.54, 1.807) is 6.20 Å². The van der Waals surface area contributed by atoms with Crippen LogP contribution in [0.15, 0.2) is 15.8 Å². The van der Waals surface area contributed by atoms with E-state index in [1.165, 1.54) is 11.8 Å². The Morgan fingerprint density at radius 2 is 2.38 bits per heavy atom. The first kappa shape index (κ1) is 15.1. The largest absolute Gasteiger partial charge is 0.365 e. The molecule has 2 aliphatic rings. The summed E-state index contributed by atoms with van der Waals surface area (Å²) in [7, 11) is 0. The molecule has 3 rings (SSSR count). The van der Waals surface area contributed by atoms with Crippen LogP contribution in [0.4, 0.5) is 5.82 Å². The number of carbonyl (C=O) groups excluding carboxylic acids is 1. The molecule has 1 aromatic rings. The zero-order chi connectivity index (χ0) is 14.8. The van der Waals surface area contributed by atoms with Gasteiger partial charge in [-0.2, -0.15) is 0 Å². The molecule has 1 saturated carbocycles. The molecule has 0 aromatic carbocycles. The van der Waals surface area contributed by atoms with Gasteiger partial charge in [-0.3, -0.25) is 4.79 Å². The average molecular weight is 373 g/mol. The van der Waals surface area contributed by atoms with Gasteiger partial charge >= 0.3 is 0 Å². The second kappa shape index (κ2) is 6.50. The van der Waals surface area contributed by atoms with Crippen LogP contribution < -0.4 is 10.2 Å². The fourth-order valence-electron chi connectivity index (χ4n) is 2.18. The number of nitrogens with zero attached hydrogens (tertiary/aromatic N) is 3. The van der Waals surface area contributed by atoms with Crippen LogP contribution in [0, 0.1) is 0 Å². The zero-order valence-electron chi connectivity index (χ0n) is 11.7. The van der Waals surface area contributed by atoms with Crippen LogP contribution >= 0.6 is 27.7 Å². The first-order chi connectivity index (χ1) is 10.2. The highest BCUT2D eigenvalue weighted by atomic mass is 79.9. The van der Waals surface area contributed by atoms with E-state index in [1.807, 2.05) is 6.26 Å². The molecular formula is C13H17BrN4O2S. The second-order valence-electron chi connectivity index (χ2n) is 5.12. The lowest BCUT2D eigenvalue weighted by Gasteiger charge is -2.33. The molecule has 6 nitrogen and oxygen atoms in total. The van der Waals surface area contributed by atoms with Crippen LogP contribution in [0.5, 0.6) is 0 Å². The van der Waals surface area contributed by atoms with Crippen LogP contribution in [0.25, 0.3) is 0 Å². The molecule has 1 unspecified atom stereocenters. The summed E-state index contributed by atoms with van der Waals surface area (Å²) in [5.41, 5.74) is 0. The first-order valence-corrected chi connectivity index (χ1v) is 8.92. The topological polar surface area (TPSA) is 67.4 Å². The molecule has 1 N–H and O–H groups in total. The van der Waals surface area contributed by atoms with Crippen molar-refractivity contribution in [2.45, 2.75) is 30.1 Å². The second-order valence-corrected chi connectivity index (χ2v) is 6.74. The molecule has 1 atom stereocenters. The van der Waals surface area contributed by atoms with Crippen molar-refractivity contribution in [1.82, 2.24) is 15.3 Å². The number of thioether (sulfide) groups is 1. The normalized spacial score (nSPS) is 22.2. The average Bonchev–Trinajstić information content (AvgIpc) is 3.32. The molecule has 114 valence electrons. The van der Waals surface area contributed by atoms with E-state index < -0.39 is 6.10 Å². The van der Waals surface area contributed by atoms with Crippen molar-refractivity contribution in [3.63, 3.8) is 0 Å². The fourth-order valence-corrected chi connectivity index (χ4v) is 2.96. The van der Waals surface area contributed by atoms with Crippen LogP contribution in [0.2, 0.25) is 0 Å². The number of aromatic nitrogens is 2. The SMILES string of the molecule is CSc1ncc(Br)c(N2CCOC(C(=O)NC3CC3)C2)n1. The zero-order valence-corrected chi connectivity index (χ0v) is 14.1. The van der Waals surface area contributed by atoms with E-state index in [0.717, 1.165) is 34.8 Å². The molecule has 0 bridgehead atoms. The van der Waals surface area contributed by atoms with Crippen molar-refractivity contribution in [2.24, 2.45) is 0 Å². The van der Waals surface area contributed by atoms with Gasteiger partial charge in [-0.05, 0) is 35.0 Å². The third kappa shape index (κ3) is 3.67. The lowest BCUT2D eigenvalue weighted by atomic mass is 10.2. The number of rotatable bonds is 4. The Bertz CT molecular complexity index is 541. The van der Waals surface area contributed by atoms with E-state index in [2.05, 4.69) is 36.1 Å². The summed E-state index contributed by atoms with van der Waals surface area (Å²) in [5.74, 6) is 0.805. The minimum atomic E-state index is -0.432. The van der Waals surface area contributed by atoms with E-state index in [4.69, 9.17) is 4.74 Å². The predicted octanol–water partition coefficient (Wildman–Crippen LogP) is 1.44. The Balaban J connectivity index is 1.71. The summed E-state index contributed by atoms with van der Waals surface area (Å²) in [6.07, 6.45) is 5.42. The third-order valence-electron chi connectivity index (χ3n) is 3.47. The molecule has 2 heterocycles. The summed E-state index contributed by atoms with van der Waals surface area (Å²) in [5, 5.41) is 3.71. The van der Waals surface area contributed by atoms with Gasteiger partial charge in [0.25, 0.3) is 5.91 Å². The Hall–Kier alpha value is -0.860. The number of carbonyl (C=O) groups is 1. The number of nitrogens with one attached hydrogen (secondary N) is 1. The number of hydrogen-bond donors (Lipinski definition) is 1. The molecule has 0 radical (unpaired) electrons. The van der Waals surface area contributed by atoms with Gasteiger partial charge in [0.1, 0.15) is 5.82 Å². The number of amides is 1. The van der Waals surface area contributed by atoms with Crippen molar-refractivity contribution in [3.8, 4) is 0 Å². The lowest BCUT2D eigenvalue weighted by molar-refractivity contribution is -0.133. The van der Waals surface area contributed by atoms with E-state index in [-0.39, 0.29) is 5.91 Å². The Morgan fingerprint density at radius 3 is 3.10 bits per heavy atom. The third-order valence-corrected chi connectivity index (χ3v) is 4.59. The molecular weight excluding hydrogens is 356 g/mol. The molecule has 8 heteroatoms. The van der Waals surface area contributed by atoms with Crippen molar-refractivity contribution in [3.05, 3.63) is 10.7 Å². The van der Waals surface area contributed by atoms with Crippen LogP contribution in [-0.4, -0.2) is 54.0 Å². The minimum Gasteiger partial charge on any atom is -0.365 e. The number of hydrogen-bond acceptors (Lipinski definition) is 6. The number of halogens is 1. The number of ether oxygens (including phenoxy) is 1. The van der Waals surface area contributed by atoms with Gasteiger partial charge in [0.15, 0.2) is 11.3 Å². The molecule has 1 aliphatic heterocycles. The summed E-state index contributed by atoms with van der Waals surface area (Å²) < 4.78 is 6.44. The van der Waals surface area contributed by atoms with Crippen molar-refractivity contribution < 1.29 is 9.53 Å². The Labute approximate surface area is 136 Å². The van der Waals surface area contributed by atoms with Gasteiger partial charge in [0.2, 0.25) is 0 Å². The number of anilines is 1. The summed E-state index contributed by atoms with van der Waals surface area (Å²) in [4.78, 5) is 22.9. The van der Waals surface area contributed by atoms with Crippen LogP contribution in [-0.2, 0) is 9.53 Å². The number of morpholine rings is 1. The summed E-state index contributed by atoms with van der Waals surface area (Å²) in [6.45, 7) is 1.76. The standard InChI is InChI=1S/C13H17BrN4O2S/c1-21-13-15-6-9(14)11(17-13)18-4-5-20-10(7-18)12(19)16-8-2-3-8/h6,8,10H,2-5,7H2,1H3,(H,16,19). The smallest absolute Gasteiger partial charge is 0.251 e. The van der Waals surface area contributed by atoms with Crippen molar-refractivity contribution >= 4 is 39.4 Å². The van der Waals surface area contributed by atoms with Gasteiger partial charge in [-0.15, -0.1) is 0 Å². The highest BCUT2D eigenvalue weighted by molar-refractivity contribution is 9.10. The van der Waals surface area contributed by atoms with Gasteiger partial charge < -0.3 is 15.0 Å². The molecule has 1 aliphatic carbocycles.